The monoisotopic (exact) mass is 179 g/mol. The van der Waals surface area contributed by atoms with Crippen molar-refractivity contribution in [3.05, 3.63) is 24.0 Å². The van der Waals surface area contributed by atoms with Crippen molar-refractivity contribution in [2.75, 3.05) is 7.11 Å². The summed E-state index contributed by atoms with van der Waals surface area (Å²) in [7, 11) is 1.62. The molecule has 0 spiro atoms. The van der Waals surface area contributed by atoms with E-state index in [2.05, 4.69) is 4.98 Å². The van der Waals surface area contributed by atoms with Gasteiger partial charge in [-0.25, -0.2) is 0 Å². The van der Waals surface area contributed by atoms with Gasteiger partial charge in [0.05, 0.1) is 18.4 Å². The van der Waals surface area contributed by atoms with Crippen molar-refractivity contribution in [1.29, 1.82) is 0 Å². The van der Waals surface area contributed by atoms with Crippen LogP contribution in [0.5, 0.6) is 5.75 Å². The van der Waals surface area contributed by atoms with Gasteiger partial charge in [0.15, 0.2) is 0 Å². The predicted octanol–water partition coefficient (Wildman–Crippen LogP) is 1.16. The number of ether oxygens (including phenoxy) is 1. The van der Waals surface area contributed by atoms with Crippen molar-refractivity contribution in [2.24, 2.45) is 0 Å². The molecule has 13 heavy (non-hydrogen) atoms. The second-order valence-electron chi connectivity index (χ2n) is 3.55. The molecule has 0 aromatic carbocycles. The molecule has 3 heteroatoms. The van der Waals surface area contributed by atoms with E-state index in [0.29, 0.717) is 6.42 Å². The van der Waals surface area contributed by atoms with Gasteiger partial charge in [-0.05, 0) is 25.0 Å². The number of hydrogen-bond acceptors (Lipinski definition) is 3. The molecule has 0 aliphatic heterocycles. The Morgan fingerprint density at radius 3 is 3.00 bits per heavy atom. The molecule has 70 valence electrons. The second kappa shape index (κ2) is 3.00. The fraction of sp³-hybridized carbons (Fsp3) is 0.500. The SMILES string of the molecule is COc1cccnc1CC1(O)CC1. The Morgan fingerprint density at radius 2 is 2.38 bits per heavy atom. The fourth-order valence-electron chi connectivity index (χ4n) is 1.37. The first kappa shape index (κ1) is 8.51. The van der Waals surface area contributed by atoms with Crippen molar-refractivity contribution in [2.45, 2.75) is 24.9 Å². The number of pyridine rings is 1. The highest BCUT2D eigenvalue weighted by Gasteiger charge is 2.41. The molecular formula is C10H13NO2. The largest absolute Gasteiger partial charge is 0.495 e. The predicted molar refractivity (Wildman–Crippen MR) is 48.7 cm³/mol. The highest BCUT2D eigenvalue weighted by Crippen LogP contribution is 2.39. The van der Waals surface area contributed by atoms with E-state index in [1.54, 1.807) is 13.3 Å². The van der Waals surface area contributed by atoms with Gasteiger partial charge in [-0.15, -0.1) is 0 Å². The van der Waals surface area contributed by atoms with Crippen LogP contribution in [0, 0.1) is 0 Å². The molecule has 0 atom stereocenters. The maximum atomic E-state index is 9.71. The zero-order valence-electron chi connectivity index (χ0n) is 7.66. The Labute approximate surface area is 77.4 Å². The Hall–Kier alpha value is -1.09. The van der Waals surface area contributed by atoms with E-state index in [4.69, 9.17) is 4.74 Å². The highest BCUT2D eigenvalue weighted by molar-refractivity contribution is 5.29. The van der Waals surface area contributed by atoms with Gasteiger partial charge in [0.25, 0.3) is 0 Å². The number of rotatable bonds is 3. The second-order valence-corrected chi connectivity index (χ2v) is 3.55. The summed E-state index contributed by atoms with van der Waals surface area (Å²) < 4.78 is 5.15. The lowest BCUT2D eigenvalue weighted by molar-refractivity contribution is 0.148. The molecule has 0 saturated heterocycles. The molecule has 1 aromatic heterocycles. The van der Waals surface area contributed by atoms with Gasteiger partial charge < -0.3 is 9.84 Å². The van der Waals surface area contributed by atoms with E-state index < -0.39 is 5.60 Å². The molecule has 1 N–H and O–H groups in total. The maximum Gasteiger partial charge on any atom is 0.140 e. The summed E-state index contributed by atoms with van der Waals surface area (Å²) in [5.74, 6) is 0.767. The van der Waals surface area contributed by atoms with Gasteiger partial charge in [0.1, 0.15) is 5.75 Å². The molecule has 3 nitrogen and oxygen atoms in total. The number of aliphatic hydroxyl groups is 1. The average molecular weight is 179 g/mol. The summed E-state index contributed by atoms with van der Waals surface area (Å²) in [5.41, 5.74) is 0.353. The minimum Gasteiger partial charge on any atom is -0.495 e. The lowest BCUT2D eigenvalue weighted by atomic mass is 10.1. The lowest BCUT2D eigenvalue weighted by Crippen LogP contribution is -2.12. The molecule has 1 fully saturated rings. The summed E-state index contributed by atoms with van der Waals surface area (Å²) in [6, 6.07) is 3.70. The van der Waals surface area contributed by atoms with Crippen LogP contribution in [-0.4, -0.2) is 22.8 Å². The molecule has 0 unspecified atom stereocenters. The third kappa shape index (κ3) is 1.80. The molecule has 0 amide bonds. The molecule has 0 bridgehead atoms. The van der Waals surface area contributed by atoms with Crippen LogP contribution in [0.15, 0.2) is 18.3 Å². The molecule has 0 radical (unpaired) electrons. The van der Waals surface area contributed by atoms with Crippen molar-refractivity contribution in [1.82, 2.24) is 4.98 Å². The summed E-state index contributed by atoms with van der Waals surface area (Å²) in [6.45, 7) is 0. The van der Waals surface area contributed by atoms with Gasteiger partial charge in [0.2, 0.25) is 0 Å². The van der Waals surface area contributed by atoms with Gasteiger partial charge >= 0.3 is 0 Å². The summed E-state index contributed by atoms with van der Waals surface area (Å²) >= 11 is 0. The summed E-state index contributed by atoms with van der Waals surface area (Å²) in [6.07, 6.45) is 4.10. The number of nitrogens with zero attached hydrogens (tertiary/aromatic N) is 1. The molecular weight excluding hydrogens is 166 g/mol. The van der Waals surface area contributed by atoms with Crippen molar-refractivity contribution < 1.29 is 9.84 Å². The van der Waals surface area contributed by atoms with E-state index in [0.717, 1.165) is 24.3 Å². The van der Waals surface area contributed by atoms with E-state index in [9.17, 15) is 5.11 Å². The average Bonchev–Trinajstić information content (AvgIpc) is 2.84. The van der Waals surface area contributed by atoms with Crippen LogP contribution in [0.4, 0.5) is 0 Å². The summed E-state index contributed by atoms with van der Waals surface area (Å²) in [4.78, 5) is 4.19. The Morgan fingerprint density at radius 1 is 1.62 bits per heavy atom. The zero-order chi connectivity index (χ0) is 9.31. The van der Waals surface area contributed by atoms with Crippen LogP contribution in [0.2, 0.25) is 0 Å². The normalized spacial score (nSPS) is 18.3. The van der Waals surface area contributed by atoms with E-state index in [-0.39, 0.29) is 0 Å². The number of methoxy groups -OCH3 is 1. The zero-order valence-corrected chi connectivity index (χ0v) is 7.66. The van der Waals surface area contributed by atoms with Gasteiger partial charge in [-0.1, -0.05) is 0 Å². The topological polar surface area (TPSA) is 42.4 Å². The quantitative estimate of drug-likeness (QED) is 0.757. The Kier molecular flexibility index (Phi) is 1.96. The first-order chi connectivity index (χ1) is 6.23. The van der Waals surface area contributed by atoms with Gasteiger partial charge in [-0.3, -0.25) is 4.98 Å². The Bertz CT molecular complexity index is 308. The fourth-order valence-corrected chi connectivity index (χ4v) is 1.37. The van der Waals surface area contributed by atoms with Crippen LogP contribution in [0.3, 0.4) is 0 Å². The van der Waals surface area contributed by atoms with Crippen molar-refractivity contribution in [3.63, 3.8) is 0 Å². The standard InChI is InChI=1S/C10H13NO2/c1-13-9-3-2-6-11-8(9)7-10(12)4-5-10/h2-3,6,12H,4-5,7H2,1H3. The molecule has 1 aliphatic carbocycles. The van der Waals surface area contributed by atoms with Crippen LogP contribution in [-0.2, 0) is 6.42 Å². The number of hydrogen-bond donors (Lipinski definition) is 1. The van der Waals surface area contributed by atoms with E-state index in [1.165, 1.54) is 0 Å². The number of aromatic nitrogens is 1. The van der Waals surface area contributed by atoms with Gasteiger partial charge in [-0.2, -0.15) is 0 Å². The van der Waals surface area contributed by atoms with Gasteiger partial charge in [0, 0.05) is 12.6 Å². The third-order valence-corrected chi connectivity index (χ3v) is 2.39. The molecule has 1 saturated carbocycles. The smallest absolute Gasteiger partial charge is 0.140 e. The third-order valence-electron chi connectivity index (χ3n) is 2.39. The minimum absolute atomic E-state index is 0.498. The lowest BCUT2D eigenvalue weighted by Gasteiger charge is -2.09. The van der Waals surface area contributed by atoms with Crippen LogP contribution in [0.25, 0.3) is 0 Å². The first-order valence-corrected chi connectivity index (χ1v) is 4.44. The van der Waals surface area contributed by atoms with Crippen molar-refractivity contribution >= 4 is 0 Å². The minimum atomic E-state index is -0.498. The molecule has 1 aliphatic rings. The van der Waals surface area contributed by atoms with Crippen LogP contribution in [0.1, 0.15) is 18.5 Å². The highest BCUT2D eigenvalue weighted by atomic mass is 16.5. The molecule has 1 aromatic rings. The molecule has 1 heterocycles. The van der Waals surface area contributed by atoms with E-state index in [1.807, 2.05) is 12.1 Å². The van der Waals surface area contributed by atoms with E-state index >= 15 is 0 Å². The van der Waals surface area contributed by atoms with Crippen LogP contribution < -0.4 is 4.74 Å². The Balaban J connectivity index is 2.18. The van der Waals surface area contributed by atoms with Crippen LogP contribution >= 0.6 is 0 Å². The van der Waals surface area contributed by atoms with Crippen molar-refractivity contribution in [3.8, 4) is 5.75 Å². The maximum absolute atomic E-state index is 9.71. The first-order valence-electron chi connectivity index (χ1n) is 4.44. The summed E-state index contributed by atoms with van der Waals surface area (Å²) in [5, 5.41) is 9.71. The molecule has 2 rings (SSSR count).